The second-order valence-corrected chi connectivity index (χ2v) is 2.85. The summed E-state index contributed by atoms with van der Waals surface area (Å²) in [6.45, 7) is 0. The van der Waals surface area contributed by atoms with Crippen molar-refractivity contribution in [2.45, 2.75) is 5.16 Å². The van der Waals surface area contributed by atoms with Crippen molar-refractivity contribution >= 4 is 37.2 Å². The van der Waals surface area contributed by atoms with Gasteiger partial charge in [0, 0.05) is 0 Å². The van der Waals surface area contributed by atoms with Crippen LogP contribution in [0.15, 0.2) is 29.4 Å². The van der Waals surface area contributed by atoms with E-state index in [0.717, 1.165) is 11.0 Å². The second kappa shape index (κ2) is 2.79. The molecule has 0 spiro atoms. The van der Waals surface area contributed by atoms with Crippen molar-refractivity contribution in [3.63, 3.8) is 0 Å². The molecule has 1 aromatic carbocycles. The number of thiol groups is 1. The van der Waals surface area contributed by atoms with Gasteiger partial charge in [-0.05, 0) is 0 Å². The van der Waals surface area contributed by atoms with E-state index in [1.54, 1.807) is 6.09 Å². The summed E-state index contributed by atoms with van der Waals surface area (Å²) in [5.74, 6) is 0. The molecule has 2 nitrogen and oxygen atoms in total. The van der Waals surface area contributed by atoms with Gasteiger partial charge in [-0.25, -0.2) is 0 Å². The van der Waals surface area contributed by atoms with E-state index >= 15 is 0 Å². The zero-order chi connectivity index (χ0) is 8.55. The molecule has 0 amide bonds. The first-order chi connectivity index (χ1) is 5.83. The van der Waals surface area contributed by atoms with Gasteiger partial charge in [0.1, 0.15) is 0 Å². The van der Waals surface area contributed by atoms with Gasteiger partial charge in [-0.2, -0.15) is 0 Å². The van der Waals surface area contributed by atoms with Crippen LogP contribution in [0.3, 0.4) is 0 Å². The Morgan fingerprint density at radius 2 is 2.17 bits per heavy atom. The van der Waals surface area contributed by atoms with Crippen LogP contribution in [0.1, 0.15) is 0 Å². The van der Waals surface area contributed by atoms with E-state index in [4.69, 9.17) is 0 Å². The number of fused-ring (bicyclic) bond motifs is 1. The van der Waals surface area contributed by atoms with Crippen molar-refractivity contribution < 1.29 is 0 Å². The van der Waals surface area contributed by atoms with Gasteiger partial charge >= 0.3 is 76.2 Å². The molecule has 0 aliphatic heterocycles. The first kappa shape index (κ1) is 7.62. The summed E-state index contributed by atoms with van der Waals surface area (Å²) >= 11 is 4.22. The quantitative estimate of drug-likeness (QED) is 0.500. The van der Waals surface area contributed by atoms with E-state index in [0.29, 0.717) is 5.16 Å². The monoisotopic (exact) mass is 174 g/mol. The molecule has 0 aliphatic carbocycles. The molecule has 1 heterocycles. The molecule has 0 bridgehead atoms. The molecule has 1 aromatic heterocycles. The Balaban J connectivity index is 2.90. The minimum absolute atomic E-state index is 0.672. The van der Waals surface area contributed by atoms with Gasteiger partial charge in [0.2, 0.25) is 0 Å². The van der Waals surface area contributed by atoms with Crippen LogP contribution >= 0.6 is 12.6 Å². The molecule has 0 unspecified atom stereocenters. The molecule has 58 valence electrons. The Kier molecular flexibility index (Phi) is 1.77. The Labute approximate surface area is 76.7 Å². The summed E-state index contributed by atoms with van der Waals surface area (Å²) in [6, 6.07) is 7.87. The Morgan fingerprint density at radius 3 is 2.92 bits per heavy atom. The van der Waals surface area contributed by atoms with E-state index in [-0.39, 0.29) is 0 Å². The normalized spacial score (nSPS) is 10.3. The average Bonchev–Trinajstić information content (AvgIpc) is 2.40. The first-order valence-corrected chi connectivity index (χ1v) is 4.06. The van der Waals surface area contributed by atoms with Crippen molar-refractivity contribution in [3.05, 3.63) is 24.3 Å². The first-order valence-electron chi connectivity index (χ1n) is 3.61. The molecule has 0 saturated carbocycles. The van der Waals surface area contributed by atoms with Crippen LogP contribution in [0.5, 0.6) is 0 Å². The van der Waals surface area contributed by atoms with Crippen LogP contribution in [0.4, 0.5) is 0 Å². The number of benzene rings is 1. The maximum absolute atomic E-state index is 4.24. The summed E-state index contributed by atoms with van der Waals surface area (Å²) in [6.07, 6.45) is 1.71. The van der Waals surface area contributed by atoms with Gasteiger partial charge in [0.05, 0.1) is 0 Å². The number of imidazole rings is 1. The van der Waals surface area contributed by atoms with Crippen molar-refractivity contribution in [3.8, 4) is 0 Å². The molecule has 12 heavy (non-hydrogen) atoms. The van der Waals surface area contributed by atoms with E-state index in [9.17, 15) is 0 Å². The third-order valence-electron chi connectivity index (χ3n) is 1.76. The summed E-state index contributed by atoms with van der Waals surface area (Å²) in [5, 5.41) is 0.672. The number of aromatic nitrogens is 2. The topological polar surface area (TPSA) is 17.8 Å². The van der Waals surface area contributed by atoms with Crippen LogP contribution in [-0.2, 0) is 0 Å². The van der Waals surface area contributed by atoms with Crippen molar-refractivity contribution in [2.75, 3.05) is 0 Å². The van der Waals surface area contributed by atoms with E-state index in [1.807, 2.05) is 28.8 Å². The number of nitrogens with zero attached hydrogens (tertiary/aromatic N) is 2. The van der Waals surface area contributed by atoms with E-state index in [2.05, 4.69) is 25.1 Å². The second-order valence-electron chi connectivity index (χ2n) is 2.45. The summed E-state index contributed by atoms with van der Waals surface area (Å²) < 4.78 is 1.85. The van der Waals surface area contributed by atoms with Crippen LogP contribution in [0.25, 0.3) is 11.0 Å². The van der Waals surface area contributed by atoms with Crippen molar-refractivity contribution in [1.29, 1.82) is 0 Å². The third-order valence-corrected chi connectivity index (χ3v) is 2.08. The van der Waals surface area contributed by atoms with Crippen molar-refractivity contribution in [1.82, 2.24) is 9.55 Å². The Bertz CT molecular complexity index is 436. The van der Waals surface area contributed by atoms with Gasteiger partial charge in [-0.1, -0.05) is 0 Å². The maximum atomic E-state index is 4.24. The predicted molar refractivity (Wildman–Crippen MR) is 55.6 cm³/mol. The third kappa shape index (κ3) is 0.993. The molecular weight excluding hydrogens is 167 g/mol. The number of rotatable bonds is 1. The fourth-order valence-electron chi connectivity index (χ4n) is 1.21. The molecule has 4 heteroatoms. The zero-order valence-electron chi connectivity index (χ0n) is 6.44. The molecule has 0 aliphatic rings. The van der Waals surface area contributed by atoms with Gasteiger partial charge in [-0.3, -0.25) is 0 Å². The van der Waals surface area contributed by atoms with Crippen molar-refractivity contribution in [2.24, 2.45) is 0 Å². The van der Waals surface area contributed by atoms with E-state index in [1.165, 1.54) is 0 Å². The minimum atomic E-state index is 0.672. The predicted octanol–water partition coefficient (Wildman–Crippen LogP) is 0.834. The summed E-state index contributed by atoms with van der Waals surface area (Å²) in [4.78, 5) is 4.24. The van der Waals surface area contributed by atoms with Crippen LogP contribution in [-0.4, -0.2) is 23.1 Å². The average molecular weight is 174 g/mol. The van der Waals surface area contributed by atoms with Gasteiger partial charge in [0.15, 0.2) is 0 Å². The van der Waals surface area contributed by atoms with Gasteiger partial charge < -0.3 is 0 Å². The molecule has 2 rings (SSSR count). The summed E-state index contributed by atoms with van der Waals surface area (Å²) in [7, 11) is 3.69. The Morgan fingerprint density at radius 1 is 1.42 bits per heavy atom. The van der Waals surface area contributed by atoms with Crippen LogP contribution < -0.4 is 0 Å². The fraction of sp³-hybridized carbons (Fsp3) is 0. The fourth-order valence-corrected chi connectivity index (χ4v) is 1.51. The van der Waals surface area contributed by atoms with E-state index < -0.39 is 0 Å². The molecule has 2 aromatic rings. The molecule has 0 radical (unpaired) electrons. The zero-order valence-corrected chi connectivity index (χ0v) is 7.33. The standard InChI is InChI=1S/C8H7BN2S/c9-5-11-7-4-2-1-3-6(7)10-8(11)12/h1-5,9H,(H,10,12). The van der Waals surface area contributed by atoms with Gasteiger partial charge in [0.25, 0.3) is 0 Å². The number of para-hydroxylation sites is 2. The molecule has 0 fully saturated rings. The Hall–Kier alpha value is -1.03. The number of hydrogen-bond donors (Lipinski definition) is 1. The molecule has 0 N–H and O–H groups in total. The summed E-state index contributed by atoms with van der Waals surface area (Å²) in [5.41, 5.74) is 1.99. The van der Waals surface area contributed by atoms with Crippen LogP contribution in [0.2, 0.25) is 0 Å². The molecule has 0 atom stereocenters. The van der Waals surface area contributed by atoms with Gasteiger partial charge in [-0.15, -0.1) is 0 Å². The SMILES string of the molecule is B=Cn1c(S)nc2ccccc21. The van der Waals surface area contributed by atoms with Crippen LogP contribution in [0, 0.1) is 0 Å². The number of hydrogen-bond acceptors (Lipinski definition) is 2. The molecular formula is C8H7BN2S. The molecule has 0 saturated heterocycles.